The van der Waals surface area contributed by atoms with Gasteiger partial charge in [-0.1, -0.05) is 121 Å². The molecule has 0 bridgehead atoms. The number of aryl methyl sites for hydroxylation is 2. The molecule has 4 heteroatoms. The average Bonchev–Trinajstić information content (AvgIpc) is 3.47. The molecule has 0 N–H and O–H groups in total. The standard InChI is InChI=1S/C48H33N3S/c1-30-23-37(29-49-28-30)34-14-10-13-33(24-34)35-19-21-38-39-22-20-36(45-27-44(50-31(2)51-45)32-11-4-3-5-12-32)26-43(39)48(42(38)25-35)40-15-6-8-17-46(40)52-47-18-9-7-16-41(47)48/h3-29H,1-2H3. The van der Waals surface area contributed by atoms with Gasteiger partial charge in [0.25, 0.3) is 0 Å². The zero-order valence-corrected chi connectivity index (χ0v) is 29.7. The van der Waals surface area contributed by atoms with Crippen LogP contribution < -0.4 is 0 Å². The normalized spacial score (nSPS) is 13.3. The molecule has 6 aromatic carbocycles. The second-order valence-electron chi connectivity index (χ2n) is 13.7. The Morgan fingerprint density at radius 2 is 0.981 bits per heavy atom. The molecule has 10 rings (SSSR count). The first-order chi connectivity index (χ1) is 25.6. The van der Waals surface area contributed by atoms with Gasteiger partial charge in [-0.2, -0.15) is 0 Å². The number of fused-ring (bicyclic) bond motifs is 9. The lowest BCUT2D eigenvalue weighted by molar-refractivity contribution is 0.723. The molecule has 0 atom stereocenters. The molecule has 1 spiro atoms. The highest BCUT2D eigenvalue weighted by molar-refractivity contribution is 7.99. The van der Waals surface area contributed by atoms with Gasteiger partial charge in [-0.05, 0) is 112 Å². The number of hydrogen-bond donors (Lipinski definition) is 0. The van der Waals surface area contributed by atoms with Crippen LogP contribution in [0.25, 0.3) is 55.9 Å². The number of nitrogens with zero attached hydrogens (tertiary/aromatic N) is 3. The molecule has 0 saturated carbocycles. The van der Waals surface area contributed by atoms with Crippen LogP contribution in [0.4, 0.5) is 0 Å². The summed E-state index contributed by atoms with van der Waals surface area (Å²) in [5.41, 5.74) is 17.1. The Balaban J connectivity index is 1.22. The van der Waals surface area contributed by atoms with E-state index in [0.29, 0.717) is 0 Å². The lowest BCUT2D eigenvalue weighted by Crippen LogP contribution is -2.32. The molecule has 0 radical (unpaired) electrons. The van der Waals surface area contributed by atoms with Crippen molar-refractivity contribution in [2.24, 2.45) is 0 Å². The van der Waals surface area contributed by atoms with Gasteiger partial charge in [0.1, 0.15) is 5.82 Å². The molecule has 0 fully saturated rings. The van der Waals surface area contributed by atoms with Crippen LogP contribution in [0.2, 0.25) is 0 Å². The third kappa shape index (κ3) is 4.79. The Kier molecular flexibility index (Phi) is 7.09. The van der Waals surface area contributed by atoms with Crippen LogP contribution in [0, 0.1) is 13.8 Å². The summed E-state index contributed by atoms with van der Waals surface area (Å²) in [4.78, 5) is 16.9. The van der Waals surface area contributed by atoms with Crippen molar-refractivity contribution in [1.29, 1.82) is 0 Å². The van der Waals surface area contributed by atoms with Gasteiger partial charge in [-0.15, -0.1) is 0 Å². The second kappa shape index (κ2) is 12.0. The number of benzene rings is 6. The predicted octanol–water partition coefficient (Wildman–Crippen LogP) is 12.0. The Bertz CT molecular complexity index is 2650. The van der Waals surface area contributed by atoms with Gasteiger partial charge in [-0.25, -0.2) is 9.97 Å². The quantitative estimate of drug-likeness (QED) is 0.185. The van der Waals surface area contributed by atoms with Crippen LogP contribution in [0.15, 0.2) is 174 Å². The van der Waals surface area contributed by atoms with E-state index in [1.165, 1.54) is 54.3 Å². The number of hydrogen-bond acceptors (Lipinski definition) is 4. The molecule has 0 unspecified atom stereocenters. The van der Waals surface area contributed by atoms with Crippen molar-refractivity contribution in [3.8, 4) is 55.9 Å². The van der Waals surface area contributed by atoms with Crippen molar-refractivity contribution in [3.63, 3.8) is 0 Å². The number of rotatable bonds is 4. The molecule has 1 aliphatic heterocycles. The summed E-state index contributed by atoms with van der Waals surface area (Å²) < 4.78 is 0. The fourth-order valence-corrected chi connectivity index (χ4v) is 9.49. The molecular formula is C48H33N3S. The highest BCUT2D eigenvalue weighted by atomic mass is 32.2. The Hall–Kier alpha value is -6.10. The largest absolute Gasteiger partial charge is 0.264 e. The summed E-state index contributed by atoms with van der Waals surface area (Å²) in [5, 5.41) is 0. The number of pyridine rings is 1. The highest BCUT2D eigenvalue weighted by Gasteiger charge is 2.50. The van der Waals surface area contributed by atoms with Crippen LogP contribution in [-0.4, -0.2) is 15.0 Å². The van der Waals surface area contributed by atoms with Crippen LogP contribution in [-0.2, 0) is 5.41 Å². The van der Waals surface area contributed by atoms with E-state index in [4.69, 9.17) is 9.97 Å². The van der Waals surface area contributed by atoms with Crippen molar-refractivity contribution in [1.82, 2.24) is 15.0 Å². The van der Waals surface area contributed by atoms with Gasteiger partial charge in [0.2, 0.25) is 0 Å². The molecule has 3 heterocycles. The first-order valence-corrected chi connectivity index (χ1v) is 18.5. The molecule has 0 amide bonds. The topological polar surface area (TPSA) is 38.7 Å². The molecule has 3 nitrogen and oxygen atoms in total. The highest BCUT2D eigenvalue weighted by Crippen LogP contribution is 2.62. The summed E-state index contributed by atoms with van der Waals surface area (Å²) in [6, 6.07) is 55.6. The zero-order chi connectivity index (χ0) is 34.8. The van der Waals surface area contributed by atoms with Crippen molar-refractivity contribution in [2.45, 2.75) is 29.1 Å². The summed E-state index contributed by atoms with van der Waals surface area (Å²) in [6.07, 6.45) is 3.86. The van der Waals surface area contributed by atoms with Gasteiger partial charge in [0.05, 0.1) is 16.8 Å². The van der Waals surface area contributed by atoms with E-state index in [0.717, 1.165) is 45.0 Å². The summed E-state index contributed by atoms with van der Waals surface area (Å²) in [5.74, 6) is 0.757. The summed E-state index contributed by atoms with van der Waals surface area (Å²) in [7, 11) is 0. The molecule has 0 saturated heterocycles. The van der Waals surface area contributed by atoms with Crippen LogP contribution in [0.3, 0.4) is 0 Å². The SMILES string of the molecule is Cc1cncc(-c2cccc(-c3ccc4c(c3)C3(c5ccccc5Sc5ccccc53)c3cc(-c5cc(-c6ccccc6)nc(C)n5)ccc3-4)c2)c1. The van der Waals surface area contributed by atoms with E-state index in [2.05, 4.69) is 158 Å². The molecule has 1 aliphatic carbocycles. The number of aromatic nitrogens is 3. The zero-order valence-electron chi connectivity index (χ0n) is 28.8. The average molecular weight is 684 g/mol. The Labute approximate surface area is 308 Å². The first-order valence-electron chi connectivity index (χ1n) is 17.7. The van der Waals surface area contributed by atoms with Crippen LogP contribution in [0.5, 0.6) is 0 Å². The minimum Gasteiger partial charge on any atom is -0.264 e. The molecule has 246 valence electrons. The lowest BCUT2D eigenvalue weighted by atomic mass is 9.67. The molecule has 52 heavy (non-hydrogen) atoms. The molecular weight excluding hydrogens is 651 g/mol. The van der Waals surface area contributed by atoms with E-state index in [9.17, 15) is 0 Å². The van der Waals surface area contributed by atoms with Gasteiger partial charge in [0, 0.05) is 38.9 Å². The fraction of sp³-hybridized carbons (Fsp3) is 0.0625. The van der Waals surface area contributed by atoms with E-state index >= 15 is 0 Å². The van der Waals surface area contributed by atoms with E-state index in [-0.39, 0.29) is 0 Å². The fourth-order valence-electron chi connectivity index (χ4n) is 8.30. The smallest absolute Gasteiger partial charge is 0.126 e. The third-order valence-corrected chi connectivity index (χ3v) is 11.7. The maximum atomic E-state index is 5.00. The van der Waals surface area contributed by atoms with Crippen molar-refractivity contribution in [2.75, 3.05) is 0 Å². The van der Waals surface area contributed by atoms with E-state index < -0.39 is 5.41 Å². The summed E-state index contributed by atoms with van der Waals surface area (Å²) >= 11 is 1.87. The van der Waals surface area contributed by atoms with Gasteiger partial charge < -0.3 is 0 Å². The van der Waals surface area contributed by atoms with Gasteiger partial charge >= 0.3 is 0 Å². The monoisotopic (exact) mass is 683 g/mol. The third-order valence-electron chi connectivity index (χ3n) is 10.5. The predicted molar refractivity (Wildman–Crippen MR) is 212 cm³/mol. The van der Waals surface area contributed by atoms with Gasteiger partial charge in [-0.3, -0.25) is 4.98 Å². The molecule has 8 aromatic rings. The minimum atomic E-state index is -0.516. The van der Waals surface area contributed by atoms with Crippen molar-refractivity contribution in [3.05, 3.63) is 198 Å². The van der Waals surface area contributed by atoms with Crippen LogP contribution in [0.1, 0.15) is 33.6 Å². The second-order valence-corrected chi connectivity index (χ2v) is 14.8. The Morgan fingerprint density at radius 1 is 0.423 bits per heavy atom. The molecule has 2 aromatic heterocycles. The van der Waals surface area contributed by atoms with Gasteiger partial charge in [0.15, 0.2) is 0 Å². The first kappa shape index (κ1) is 30.7. The van der Waals surface area contributed by atoms with E-state index in [1.54, 1.807) is 0 Å². The summed E-state index contributed by atoms with van der Waals surface area (Å²) in [6.45, 7) is 4.08. The maximum absolute atomic E-state index is 5.00. The maximum Gasteiger partial charge on any atom is 0.126 e. The lowest BCUT2D eigenvalue weighted by Gasteiger charge is -2.40. The van der Waals surface area contributed by atoms with Crippen molar-refractivity contribution < 1.29 is 0 Å². The Morgan fingerprint density at radius 3 is 1.67 bits per heavy atom. The van der Waals surface area contributed by atoms with Crippen molar-refractivity contribution >= 4 is 11.8 Å². The minimum absolute atomic E-state index is 0.516. The molecule has 2 aliphatic rings. The van der Waals surface area contributed by atoms with Crippen LogP contribution >= 0.6 is 11.8 Å². The van der Waals surface area contributed by atoms with E-state index in [1.807, 2.05) is 37.1 Å².